The maximum Gasteiger partial charge on any atom is 0.251 e. The first-order valence-electron chi connectivity index (χ1n) is 10.5. The summed E-state index contributed by atoms with van der Waals surface area (Å²) in [6.45, 7) is 6.12. The van der Waals surface area contributed by atoms with Gasteiger partial charge in [-0.15, -0.1) is 0 Å². The molecule has 3 rings (SSSR count). The van der Waals surface area contributed by atoms with Crippen LogP contribution in [-0.2, 0) is 4.79 Å². The molecule has 2 aromatic rings. The van der Waals surface area contributed by atoms with E-state index < -0.39 is 0 Å². The normalized spacial score (nSPS) is 16.7. The molecule has 3 nitrogen and oxygen atoms in total. The molecule has 28 heavy (non-hydrogen) atoms. The van der Waals surface area contributed by atoms with Crippen LogP contribution in [0.25, 0.3) is 11.1 Å². The molecular weight excluding hydrogens is 346 g/mol. The van der Waals surface area contributed by atoms with Crippen LogP contribution in [0.15, 0.2) is 54.6 Å². The van der Waals surface area contributed by atoms with Crippen molar-refractivity contribution in [2.45, 2.75) is 52.5 Å². The first kappa shape index (κ1) is 20.3. The average Bonchev–Trinajstić information content (AvgIpc) is 3.26. The third kappa shape index (κ3) is 4.70. The summed E-state index contributed by atoms with van der Waals surface area (Å²) in [6.07, 6.45) is 4.33. The number of carbonyl (C=O) groups is 2. The van der Waals surface area contributed by atoms with Crippen molar-refractivity contribution in [3.8, 4) is 11.1 Å². The molecule has 148 valence electrons. The van der Waals surface area contributed by atoms with Crippen LogP contribution < -0.4 is 5.32 Å². The van der Waals surface area contributed by atoms with Crippen LogP contribution in [0.4, 0.5) is 0 Å². The van der Waals surface area contributed by atoms with Crippen molar-refractivity contribution in [3.05, 3.63) is 60.2 Å². The van der Waals surface area contributed by atoms with E-state index in [1.54, 1.807) is 0 Å². The molecule has 0 aromatic heterocycles. The van der Waals surface area contributed by atoms with Gasteiger partial charge in [-0.2, -0.15) is 0 Å². The lowest BCUT2D eigenvalue weighted by atomic mass is 9.83. The Morgan fingerprint density at radius 2 is 1.43 bits per heavy atom. The first-order chi connectivity index (χ1) is 13.5. The van der Waals surface area contributed by atoms with Gasteiger partial charge in [0, 0.05) is 11.5 Å². The summed E-state index contributed by atoms with van der Waals surface area (Å²) in [4.78, 5) is 26.0. The van der Waals surface area contributed by atoms with Crippen LogP contribution in [0, 0.1) is 17.8 Å². The van der Waals surface area contributed by atoms with E-state index in [4.69, 9.17) is 0 Å². The molecule has 0 radical (unpaired) electrons. The maximum absolute atomic E-state index is 13.1. The lowest BCUT2D eigenvalue weighted by Gasteiger charge is -2.27. The minimum absolute atomic E-state index is 0.0497. The predicted molar refractivity (Wildman–Crippen MR) is 114 cm³/mol. The summed E-state index contributed by atoms with van der Waals surface area (Å²) in [5.41, 5.74) is 2.81. The molecule has 1 amide bonds. The Kier molecular flexibility index (Phi) is 6.66. The number of carbonyl (C=O) groups excluding carboxylic acids is 2. The molecule has 1 unspecified atom stereocenters. The summed E-state index contributed by atoms with van der Waals surface area (Å²) in [7, 11) is 0. The standard InChI is InChI=1S/C25H31NO2/c1-17(2)18(3)24(27)23(21-11-7-8-12-21)26-25(28)22-15-13-20(14-16-22)19-9-5-4-6-10-19/h4-6,9-10,13-18,21,23H,7-8,11-12H2,1-3H3,(H,26,28)/t18?,23-/m0/s1. The van der Waals surface area contributed by atoms with Crippen molar-refractivity contribution in [3.63, 3.8) is 0 Å². The van der Waals surface area contributed by atoms with Gasteiger partial charge in [-0.1, -0.05) is 76.1 Å². The number of hydrogen-bond donors (Lipinski definition) is 1. The second-order valence-electron chi connectivity index (χ2n) is 8.37. The molecule has 3 heteroatoms. The molecule has 2 aromatic carbocycles. The molecule has 1 fully saturated rings. The van der Waals surface area contributed by atoms with E-state index in [1.807, 2.05) is 49.4 Å². The summed E-state index contributed by atoms with van der Waals surface area (Å²) in [5, 5.41) is 3.08. The summed E-state index contributed by atoms with van der Waals surface area (Å²) >= 11 is 0. The zero-order chi connectivity index (χ0) is 20.1. The molecule has 0 aliphatic heterocycles. The second-order valence-corrected chi connectivity index (χ2v) is 8.37. The molecule has 2 atom stereocenters. The topological polar surface area (TPSA) is 46.2 Å². The smallest absolute Gasteiger partial charge is 0.251 e. The van der Waals surface area contributed by atoms with Crippen LogP contribution in [0.3, 0.4) is 0 Å². The highest BCUT2D eigenvalue weighted by atomic mass is 16.2. The Balaban J connectivity index is 1.75. The maximum atomic E-state index is 13.1. The number of hydrogen-bond acceptors (Lipinski definition) is 2. The minimum atomic E-state index is -0.374. The highest BCUT2D eigenvalue weighted by Crippen LogP contribution is 2.30. The first-order valence-corrected chi connectivity index (χ1v) is 10.5. The van der Waals surface area contributed by atoms with Crippen molar-refractivity contribution in [1.82, 2.24) is 5.32 Å². The quantitative estimate of drug-likeness (QED) is 0.692. The lowest BCUT2D eigenvalue weighted by molar-refractivity contribution is -0.126. The van der Waals surface area contributed by atoms with E-state index in [2.05, 4.69) is 31.3 Å². The zero-order valence-electron chi connectivity index (χ0n) is 17.2. The Labute approximate surface area is 168 Å². The van der Waals surface area contributed by atoms with Gasteiger partial charge in [0.15, 0.2) is 5.78 Å². The minimum Gasteiger partial charge on any atom is -0.342 e. The van der Waals surface area contributed by atoms with Crippen molar-refractivity contribution in [2.24, 2.45) is 17.8 Å². The van der Waals surface area contributed by atoms with Crippen molar-refractivity contribution in [2.75, 3.05) is 0 Å². The SMILES string of the molecule is CC(C)C(C)C(=O)[C@@H](NC(=O)c1ccc(-c2ccccc2)cc1)C1CCCC1. The number of nitrogens with one attached hydrogen (secondary N) is 1. The Morgan fingerprint density at radius 3 is 2.00 bits per heavy atom. The Morgan fingerprint density at radius 1 is 0.857 bits per heavy atom. The van der Waals surface area contributed by atoms with Crippen LogP contribution in [0.2, 0.25) is 0 Å². The van der Waals surface area contributed by atoms with Gasteiger partial charge in [0.2, 0.25) is 0 Å². The van der Waals surface area contributed by atoms with Gasteiger partial charge in [0.05, 0.1) is 6.04 Å². The van der Waals surface area contributed by atoms with Gasteiger partial charge in [-0.05, 0) is 47.9 Å². The molecule has 1 saturated carbocycles. The highest BCUT2D eigenvalue weighted by Gasteiger charge is 2.35. The summed E-state index contributed by atoms with van der Waals surface area (Å²) in [5.74, 6) is 0.517. The van der Waals surface area contributed by atoms with Gasteiger partial charge in [0.1, 0.15) is 0 Å². The Bertz CT molecular complexity index is 789. The van der Waals surface area contributed by atoms with E-state index in [9.17, 15) is 9.59 Å². The zero-order valence-corrected chi connectivity index (χ0v) is 17.2. The summed E-state index contributed by atoms with van der Waals surface area (Å²) < 4.78 is 0. The average molecular weight is 378 g/mol. The number of ketones is 1. The largest absolute Gasteiger partial charge is 0.342 e. The van der Waals surface area contributed by atoms with Gasteiger partial charge >= 0.3 is 0 Å². The predicted octanol–water partition coefficient (Wildman–Crippen LogP) is 5.50. The van der Waals surface area contributed by atoms with E-state index in [0.29, 0.717) is 5.56 Å². The van der Waals surface area contributed by atoms with Gasteiger partial charge < -0.3 is 5.32 Å². The van der Waals surface area contributed by atoms with E-state index >= 15 is 0 Å². The fourth-order valence-corrected chi connectivity index (χ4v) is 3.99. The Hall–Kier alpha value is -2.42. The summed E-state index contributed by atoms with van der Waals surface area (Å²) in [6, 6.07) is 17.4. The number of Topliss-reactive ketones (excluding diaryl/α,β-unsaturated/α-hetero) is 1. The van der Waals surface area contributed by atoms with Gasteiger partial charge in [-0.25, -0.2) is 0 Å². The molecule has 0 bridgehead atoms. The van der Waals surface area contributed by atoms with Crippen LogP contribution in [0.5, 0.6) is 0 Å². The molecule has 1 N–H and O–H groups in total. The highest BCUT2D eigenvalue weighted by molar-refractivity contribution is 5.98. The lowest BCUT2D eigenvalue weighted by Crippen LogP contribution is -2.48. The van der Waals surface area contributed by atoms with Gasteiger partial charge in [0.25, 0.3) is 5.91 Å². The molecule has 0 heterocycles. The molecule has 1 aliphatic rings. The fourth-order valence-electron chi connectivity index (χ4n) is 3.99. The third-order valence-electron chi connectivity index (χ3n) is 6.17. The molecular formula is C25H31NO2. The van der Waals surface area contributed by atoms with E-state index in [-0.39, 0.29) is 35.5 Å². The monoisotopic (exact) mass is 377 g/mol. The number of benzene rings is 2. The number of rotatable bonds is 7. The molecule has 1 aliphatic carbocycles. The van der Waals surface area contributed by atoms with E-state index in [1.165, 1.54) is 0 Å². The number of amides is 1. The van der Waals surface area contributed by atoms with Crippen LogP contribution >= 0.6 is 0 Å². The third-order valence-corrected chi connectivity index (χ3v) is 6.17. The second kappa shape index (κ2) is 9.18. The van der Waals surface area contributed by atoms with Crippen LogP contribution in [-0.4, -0.2) is 17.7 Å². The van der Waals surface area contributed by atoms with Crippen LogP contribution in [0.1, 0.15) is 56.8 Å². The van der Waals surface area contributed by atoms with Crippen molar-refractivity contribution < 1.29 is 9.59 Å². The molecule has 0 spiro atoms. The van der Waals surface area contributed by atoms with Gasteiger partial charge in [-0.3, -0.25) is 9.59 Å². The van der Waals surface area contributed by atoms with Crippen molar-refractivity contribution >= 4 is 11.7 Å². The van der Waals surface area contributed by atoms with Crippen molar-refractivity contribution in [1.29, 1.82) is 0 Å². The molecule has 0 saturated heterocycles. The van der Waals surface area contributed by atoms with E-state index in [0.717, 1.165) is 36.8 Å². The fraction of sp³-hybridized carbons (Fsp3) is 0.440.